The Kier molecular flexibility index (Phi) is 3.21. The van der Waals surface area contributed by atoms with Crippen molar-refractivity contribution in [3.8, 4) is 5.75 Å². The van der Waals surface area contributed by atoms with Crippen molar-refractivity contribution in [3.05, 3.63) is 75.9 Å². The Bertz CT molecular complexity index is 973. The van der Waals surface area contributed by atoms with Crippen LogP contribution in [0, 0.1) is 5.82 Å². The lowest BCUT2D eigenvalue weighted by molar-refractivity contribution is -0.136. The molecule has 0 bridgehead atoms. The van der Waals surface area contributed by atoms with Gasteiger partial charge in [0.05, 0.1) is 10.9 Å². The van der Waals surface area contributed by atoms with Crippen molar-refractivity contribution < 1.29 is 18.7 Å². The molecule has 4 nitrogen and oxygen atoms in total. The maximum atomic E-state index is 13.2. The highest BCUT2D eigenvalue weighted by molar-refractivity contribution is 5.85. The van der Waals surface area contributed by atoms with Crippen LogP contribution in [0.2, 0.25) is 0 Å². The van der Waals surface area contributed by atoms with E-state index in [1.54, 1.807) is 37.3 Å². The second kappa shape index (κ2) is 5.18. The average Bonchev–Trinajstić information content (AvgIpc) is 2.54. The van der Waals surface area contributed by atoms with Gasteiger partial charge in [-0.15, -0.1) is 0 Å². The first-order valence-corrected chi connectivity index (χ1v) is 7.67. The SMILES string of the molecule is CC1(O)CC(c2ccc(F)cc2)c2c(c3ccccc3oc2=O)O1. The average molecular weight is 326 g/mol. The number of rotatable bonds is 1. The van der Waals surface area contributed by atoms with E-state index in [2.05, 4.69) is 0 Å². The predicted molar refractivity (Wildman–Crippen MR) is 86.6 cm³/mol. The number of ether oxygens (including phenoxy) is 1. The van der Waals surface area contributed by atoms with Gasteiger partial charge in [-0.3, -0.25) is 0 Å². The van der Waals surface area contributed by atoms with E-state index in [0.29, 0.717) is 22.3 Å². The Balaban J connectivity index is 2.01. The van der Waals surface area contributed by atoms with Crippen LogP contribution in [0.4, 0.5) is 4.39 Å². The topological polar surface area (TPSA) is 59.7 Å². The molecule has 2 aromatic carbocycles. The van der Waals surface area contributed by atoms with Gasteiger partial charge in [0.15, 0.2) is 0 Å². The van der Waals surface area contributed by atoms with Gasteiger partial charge < -0.3 is 14.3 Å². The number of hydrogen-bond acceptors (Lipinski definition) is 4. The molecule has 3 aromatic rings. The number of benzene rings is 2. The van der Waals surface area contributed by atoms with E-state index >= 15 is 0 Å². The molecule has 0 saturated carbocycles. The molecule has 0 fully saturated rings. The van der Waals surface area contributed by atoms with Crippen LogP contribution >= 0.6 is 0 Å². The fraction of sp³-hybridized carbons (Fsp3) is 0.211. The van der Waals surface area contributed by atoms with Crippen LogP contribution in [0.25, 0.3) is 11.0 Å². The summed E-state index contributed by atoms with van der Waals surface area (Å²) in [4.78, 5) is 12.5. The van der Waals surface area contributed by atoms with E-state index in [-0.39, 0.29) is 12.2 Å². The lowest BCUT2D eigenvalue weighted by Crippen LogP contribution is -2.40. The van der Waals surface area contributed by atoms with Gasteiger partial charge in [-0.1, -0.05) is 24.3 Å². The fourth-order valence-electron chi connectivity index (χ4n) is 3.27. The van der Waals surface area contributed by atoms with Gasteiger partial charge in [0.2, 0.25) is 5.79 Å². The molecule has 2 unspecified atom stereocenters. The zero-order valence-electron chi connectivity index (χ0n) is 13.0. The number of halogens is 1. The zero-order valence-corrected chi connectivity index (χ0v) is 13.0. The Morgan fingerprint density at radius 3 is 2.62 bits per heavy atom. The van der Waals surface area contributed by atoms with Gasteiger partial charge >= 0.3 is 5.63 Å². The summed E-state index contributed by atoms with van der Waals surface area (Å²) in [5, 5.41) is 11.2. The van der Waals surface area contributed by atoms with E-state index in [0.717, 1.165) is 5.56 Å². The third-order valence-electron chi connectivity index (χ3n) is 4.32. The third-order valence-corrected chi connectivity index (χ3v) is 4.32. The largest absolute Gasteiger partial charge is 0.461 e. The van der Waals surface area contributed by atoms with Crippen LogP contribution in [0.5, 0.6) is 5.75 Å². The molecule has 1 aliphatic rings. The molecule has 4 rings (SSSR count). The summed E-state index contributed by atoms with van der Waals surface area (Å²) < 4.78 is 24.4. The maximum absolute atomic E-state index is 13.2. The van der Waals surface area contributed by atoms with Crippen LogP contribution in [0.3, 0.4) is 0 Å². The van der Waals surface area contributed by atoms with Crippen molar-refractivity contribution in [2.24, 2.45) is 0 Å². The minimum absolute atomic E-state index is 0.175. The first-order valence-electron chi connectivity index (χ1n) is 7.67. The lowest BCUT2D eigenvalue weighted by Gasteiger charge is -2.36. The van der Waals surface area contributed by atoms with Gasteiger partial charge in [-0.2, -0.15) is 0 Å². The van der Waals surface area contributed by atoms with Crippen LogP contribution in [-0.2, 0) is 0 Å². The Morgan fingerprint density at radius 2 is 1.88 bits per heavy atom. The Hall–Kier alpha value is -2.66. The molecule has 0 amide bonds. The van der Waals surface area contributed by atoms with Crippen molar-refractivity contribution in [3.63, 3.8) is 0 Å². The monoisotopic (exact) mass is 326 g/mol. The lowest BCUT2D eigenvalue weighted by atomic mass is 9.83. The molecule has 0 aliphatic carbocycles. The molecule has 1 aromatic heterocycles. The van der Waals surface area contributed by atoms with E-state index < -0.39 is 17.3 Å². The summed E-state index contributed by atoms with van der Waals surface area (Å²) in [5.74, 6) is -1.91. The molecule has 2 atom stereocenters. The normalized spacial score (nSPS) is 22.9. The van der Waals surface area contributed by atoms with E-state index in [1.807, 2.05) is 6.07 Å². The number of para-hydroxylation sites is 1. The predicted octanol–water partition coefficient (Wildman–Crippen LogP) is 3.56. The number of hydrogen-bond donors (Lipinski definition) is 1. The maximum Gasteiger partial charge on any atom is 0.343 e. The number of aliphatic hydroxyl groups is 1. The first-order chi connectivity index (χ1) is 11.4. The Morgan fingerprint density at radius 1 is 1.17 bits per heavy atom. The number of fused-ring (bicyclic) bond motifs is 3. The molecular formula is C19H15FO4. The highest BCUT2D eigenvalue weighted by atomic mass is 19.1. The summed E-state index contributed by atoms with van der Waals surface area (Å²) in [6, 6.07) is 12.9. The molecule has 24 heavy (non-hydrogen) atoms. The van der Waals surface area contributed by atoms with Crippen molar-refractivity contribution in [1.29, 1.82) is 0 Å². The van der Waals surface area contributed by atoms with E-state index in [1.165, 1.54) is 12.1 Å². The van der Waals surface area contributed by atoms with Crippen molar-refractivity contribution in [2.75, 3.05) is 0 Å². The summed E-state index contributed by atoms with van der Waals surface area (Å²) in [5.41, 5.74) is 0.973. The minimum atomic E-state index is -1.44. The summed E-state index contributed by atoms with van der Waals surface area (Å²) >= 11 is 0. The van der Waals surface area contributed by atoms with Gasteiger partial charge in [-0.05, 0) is 29.8 Å². The van der Waals surface area contributed by atoms with E-state index in [9.17, 15) is 14.3 Å². The molecule has 1 N–H and O–H groups in total. The van der Waals surface area contributed by atoms with Crippen LogP contribution < -0.4 is 10.4 Å². The first kappa shape index (κ1) is 14.9. The molecule has 2 heterocycles. The standard InChI is InChI=1S/C19H15FO4/c1-19(22)10-14(11-6-8-12(20)9-7-11)16-17(24-19)13-4-2-3-5-15(13)23-18(16)21/h2-9,14,22H,10H2,1H3. The molecule has 5 heteroatoms. The zero-order chi connectivity index (χ0) is 16.9. The van der Waals surface area contributed by atoms with Gasteiger partial charge in [-0.25, -0.2) is 9.18 Å². The summed E-state index contributed by atoms with van der Waals surface area (Å²) in [6.45, 7) is 1.55. The van der Waals surface area contributed by atoms with Crippen molar-refractivity contribution in [2.45, 2.75) is 25.0 Å². The molecule has 0 radical (unpaired) electrons. The fourth-order valence-corrected chi connectivity index (χ4v) is 3.27. The second-order valence-electron chi connectivity index (χ2n) is 6.21. The quantitative estimate of drug-likeness (QED) is 0.695. The highest BCUT2D eigenvalue weighted by Crippen LogP contribution is 2.44. The summed E-state index contributed by atoms with van der Waals surface area (Å²) in [7, 11) is 0. The molecule has 0 saturated heterocycles. The molecule has 1 aliphatic heterocycles. The van der Waals surface area contributed by atoms with Crippen LogP contribution in [0.1, 0.15) is 30.4 Å². The van der Waals surface area contributed by atoms with Crippen LogP contribution in [-0.4, -0.2) is 10.9 Å². The smallest absolute Gasteiger partial charge is 0.343 e. The minimum Gasteiger partial charge on any atom is -0.461 e. The second-order valence-corrected chi connectivity index (χ2v) is 6.21. The third kappa shape index (κ3) is 2.37. The molecule has 122 valence electrons. The molecular weight excluding hydrogens is 311 g/mol. The van der Waals surface area contributed by atoms with Crippen molar-refractivity contribution in [1.82, 2.24) is 0 Å². The van der Waals surface area contributed by atoms with Gasteiger partial charge in [0.25, 0.3) is 0 Å². The van der Waals surface area contributed by atoms with Gasteiger partial charge in [0.1, 0.15) is 17.1 Å². The van der Waals surface area contributed by atoms with E-state index in [4.69, 9.17) is 9.15 Å². The highest BCUT2D eigenvalue weighted by Gasteiger charge is 2.39. The van der Waals surface area contributed by atoms with Crippen LogP contribution in [0.15, 0.2) is 57.7 Å². The Labute approximate surface area is 137 Å². The van der Waals surface area contributed by atoms with Crippen molar-refractivity contribution >= 4 is 11.0 Å². The summed E-state index contributed by atoms with van der Waals surface area (Å²) in [6.07, 6.45) is 0.175. The molecule has 0 spiro atoms. The van der Waals surface area contributed by atoms with Gasteiger partial charge in [0, 0.05) is 19.3 Å².